The van der Waals surface area contributed by atoms with Crippen LogP contribution in [0.25, 0.3) is 0 Å². The molecule has 1 saturated carbocycles. The number of hydrogen-bond acceptors (Lipinski definition) is 3. The van der Waals surface area contributed by atoms with E-state index in [-0.39, 0.29) is 19.1 Å². The lowest BCUT2D eigenvalue weighted by Gasteiger charge is -2.28. The second-order valence-electron chi connectivity index (χ2n) is 5.12. The maximum absolute atomic E-state index is 11.9. The van der Waals surface area contributed by atoms with Crippen LogP contribution in [0, 0.1) is 5.92 Å². The van der Waals surface area contributed by atoms with Crippen LogP contribution in [-0.4, -0.2) is 29.8 Å². The van der Waals surface area contributed by atoms with Crippen molar-refractivity contribution in [2.45, 2.75) is 25.3 Å². The summed E-state index contributed by atoms with van der Waals surface area (Å²) in [6.45, 7) is 1.78. The molecule has 1 fully saturated rings. The molecule has 1 unspecified atom stereocenters. The molecule has 0 radical (unpaired) electrons. The van der Waals surface area contributed by atoms with E-state index in [1.54, 1.807) is 6.07 Å². The Kier molecular flexibility index (Phi) is 4.47. The van der Waals surface area contributed by atoms with Crippen LogP contribution in [0.2, 0.25) is 0 Å². The van der Waals surface area contributed by atoms with Crippen molar-refractivity contribution in [2.75, 3.05) is 13.2 Å². The third-order valence-corrected chi connectivity index (χ3v) is 4.08. The fraction of sp³-hybridized carbons (Fsp3) is 0.500. The largest absolute Gasteiger partial charge is 0.483 e. The van der Waals surface area contributed by atoms with E-state index in [0.717, 1.165) is 17.3 Å². The van der Waals surface area contributed by atoms with E-state index in [0.29, 0.717) is 11.7 Å². The Labute approximate surface area is 121 Å². The maximum atomic E-state index is 11.9. The van der Waals surface area contributed by atoms with Crippen LogP contribution in [0.4, 0.5) is 0 Å². The Morgan fingerprint density at radius 3 is 2.79 bits per heavy atom. The van der Waals surface area contributed by atoms with Crippen molar-refractivity contribution in [2.24, 2.45) is 5.92 Å². The van der Waals surface area contributed by atoms with Gasteiger partial charge in [0, 0.05) is 0 Å². The van der Waals surface area contributed by atoms with E-state index in [2.05, 4.69) is 21.2 Å². The number of benzene rings is 1. The summed E-state index contributed by atoms with van der Waals surface area (Å²) in [5, 5.41) is 12.3. The first-order chi connectivity index (χ1) is 9.05. The van der Waals surface area contributed by atoms with Gasteiger partial charge in [0.15, 0.2) is 6.61 Å². The topological polar surface area (TPSA) is 58.6 Å². The summed E-state index contributed by atoms with van der Waals surface area (Å²) in [6, 6.07) is 7.38. The summed E-state index contributed by atoms with van der Waals surface area (Å²) in [5.74, 6) is 0.805. The number of hydrogen-bond donors (Lipinski definition) is 2. The van der Waals surface area contributed by atoms with Crippen LogP contribution >= 0.6 is 15.9 Å². The van der Waals surface area contributed by atoms with Gasteiger partial charge >= 0.3 is 0 Å². The van der Waals surface area contributed by atoms with Crippen molar-refractivity contribution >= 4 is 21.8 Å². The van der Waals surface area contributed by atoms with Gasteiger partial charge in [0.1, 0.15) is 5.75 Å². The van der Waals surface area contributed by atoms with E-state index >= 15 is 0 Å². The second kappa shape index (κ2) is 5.92. The van der Waals surface area contributed by atoms with Gasteiger partial charge in [-0.15, -0.1) is 0 Å². The average molecular weight is 328 g/mol. The summed E-state index contributed by atoms with van der Waals surface area (Å²) in [5.41, 5.74) is -0.519. The summed E-state index contributed by atoms with van der Waals surface area (Å²) in [7, 11) is 0. The van der Waals surface area contributed by atoms with Crippen molar-refractivity contribution in [3.8, 4) is 5.75 Å². The van der Waals surface area contributed by atoms with E-state index in [4.69, 9.17) is 4.74 Å². The van der Waals surface area contributed by atoms with Crippen molar-refractivity contribution in [1.29, 1.82) is 0 Å². The highest BCUT2D eigenvalue weighted by Gasteiger charge is 2.42. The smallest absolute Gasteiger partial charge is 0.258 e. The molecule has 5 heteroatoms. The van der Waals surface area contributed by atoms with E-state index < -0.39 is 5.54 Å². The normalized spacial score (nSPS) is 17.6. The lowest BCUT2D eigenvalue weighted by Crippen LogP contribution is -2.52. The van der Waals surface area contributed by atoms with Gasteiger partial charge in [-0.25, -0.2) is 0 Å². The van der Waals surface area contributed by atoms with Crippen molar-refractivity contribution < 1.29 is 14.6 Å². The predicted octanol–water partition coefficient (Wildman–Crippen LogP) is 2.11. The fourth-order valence-electron chi connectivity index (χ4n) is 2.05. The van der Waals surface area contributed by atoms with Gasteiger partial charge in [0.05, 0.1) is 16.6 Å². The number of rotatable bonds is 6. The van der Waals surface area contributed by atoms with Crippen molar-refractivity contribution in [3.63, 3.8) is 0 Å². The van der Waals surface area contributed by atoms with Gasteiger partial charge in [0.25, 0.3) is 5.91 Å². The molecular formula is C14H18BrNO3. The molecule has 0 saturated heterocycles. The molecule has 1 aliphatic carbocycles. The molecule has 1 amide bonds. The number of ether oxygens (including phenoxy) is 1. The molecule has 0 aliphatic heterocycles. The molecule has 1 aromatic rings. The number of nitrogens with one attached hydrogen (secondary N) is 1. The monoisotopic (exact) mass is 327 g/mol. The van der Waals surface area contributed by atoms with Gasteiger partial charge in [-0.2, -0.15) is 0 Å². The predicted molar refractivity (Wildman–Crippen MR) is 76.0 cm³/mol. The van der Waals surface area contributed by atoms with E-state index in [9.17, 15) is 9.90 Å². The first-order valence-electron chi connectivity index (χ1n) is 6.34. The molecule has 2 rings (SSSR count). The van der Waals surface area contributed by atoms with Crippen molar-refractivity contribution in [3.05, 3.63) is 28.7 Å². The first-order valence-corrected chi connectivity index (χ1v) is 7.13. The summed E-state index contributed by atoms with van der Waals surface area (Å²) < 4.78 is 6.26. The Morgan fingerprint density at radius 2 is 2.21 bits per heavy atom. The van der Waals surface area contributed by atoms with Crippen LogP contribution in [0.5, 0.6) is 5.75 Å². The molecule has 0 spiro atoms. The minimum absolute atomic E-state index is 0.0432. The molecule has 4 nitrogen and oxygen atoms in total. The molecule has 1 atom stereocenters. The highest BCUT2D eigenvalue weighted by molar-refractivity contribution is 9.10. The van der Waals surface area contributed by atoms with Crippen LogP contribution in [0.15, 0.2) is 28.7 Å². The maximum Gasteiger partial charge on any atom is 0.258 e. The summed E-state index contributed by atoms with van der Waals surface area (Å²) in [6.07, 6.45) is 2.12. The fourth-order valence-corrected chi connectivity index (χ4v) is 2.45. The molecule has 19 heavy (non-hydrogen) atoms. The zero-order valence-corrected chi connectivity index (χ0v) is 12.4. The minimum Gasteiger partial charge on any atom is -0.483 e. The lowest BCUT2D eigenvalue weighted by atomic mass is 9.97. The van der Waals surface area contributed by atoms with Crippen LogP contribution < -0.4 is 10.1 Å². The zero-order valence-electron chi connectivity index (χ0n) is 10.9. The second-order valence-corrected chi connectivity index (χ2v) is 5.97. The Hall–Kier alpha value is -1.07. The molecule has 0 bridgehead atoms. The van der Waals surface area contributed by atoms with Gasteiger partial charge in [-0.3, -0.25) is 4.79 Å². The number of aliphatic hydroxyl groups excluding tert-OH is 1. The van der Waals surface area contributed by atoms with E-state index in [1.807, 2.05) is 25.1 Å². The highest BCUT2D eigenvalue weighted by atomic mass is 79.9. The number of halogens is 1. The van der Waals surface area contributed by atoms with Gasteiger partial charge in [-0.05, 0) is 53.7 Å². The Balaban J connectivity index is 1.86. The molecule has 0 aromatic heterocycles. The Morgan fingerprint density at radius 1 is 1.53 bits per heavy atom. The number of amides is 1. The molecule has 0 heterocycles. The number of carbonyl (C=O) groups excluding carboxylic acids is 1. The number of para-hydroxylation sites is 1. The molecule has 104 valence electrons. The first kappa shape index (κ1) is 14.3. The van der Waals surface area contributed by atoms with Crippen LogP contribution in [-0.2, 0) is 4.79 Å². The SMILES string of the molecule is CC(CO)(NC(=O)COc1ccccc1Br)C1CC1. The standard InChI is InChI=1S/C14H18BrNO3/c1-14(9-17,10-6-7-10)16-13(18)8-19-12-5-3-2-4-11(12)15/h2-5,10,17H,6-9H2,1H3,(H,16,18). The van der Waals surface area contributed by atoms with Crippen LogP contribution in [0.3, 0.4) is 0 Å². The van der Waals surface area contributed by atoms with E-state index in [1.165, 1.54) is 0 Å². The average Bonchev–Trinajstić information content (AvgIpc) is 3.22. The quantitative estimate of drug-likeness (QED) is 0.841. The Bertz CT molecular complexity index is 462. The third kappa shape index (κ3) is 3.70. The third-order valence-electron chi connectivity index (χ3n) is 3.43. The molecular weight excluding hydrogens is 310 g/mol. The van der Waals surface area contributed by atoms with Gasteiger partial charge in [0.2, 0.25) is 0 Å². The highest BCUT2D eigenvalue weighted by Crippen LogP contribution is 2.39. The van der Waals surface area contributed by atoms with Crippen LogP contribution in [0.1, 0.15) is 19.8 Å². The van der Waals surface area contributed by atoms with Gasteiger partial charge < -0.3 is 15.2 Å². The van der Waals surface area contributed by atoms with Crippen molar-refractivity contribution in [1.82, 2.24) is 5.32 Å². The molecule has 2 N–H and O–H groups in total. The lowest BCUT2D eigenvalue weighted by molar-refractivity contribution is -0.125. The minimum atomic E-state index is -0.519. The number of aliphatic hydroxyl groups is 1. The summed E-state index contributed by atoms with van der Waals surface area (Å²) in [4.78, 5) is 11.9. The van der Waals surface area contributed by atoms with Gasteiger partial charge in [-0.1, -0.05) is 12.1 Å². The zero-order chi connectivity index (χ0) is 13.9. The number of carbonyl (C=O) groups is 1. The molecule has 1 aliphatic rings. The molecule has 1 aromatic carbocycles. The summed E-state index contributed by atoms with van der Waals surface area (Å²) >= 11 is 3.36.